The molecule has 2 heterocycles. The molecule has 0 fully saturated rings. The molecule has 0 aliphatic rings. The molecule has 0 aliphatic carbocycles. The summed E-state index contributed by atoms with van der Waals surface area (Å²) in [6.07, 6.45) is 3.50. The number of hydrogen-bond donors (Lipinski definition) is 0. The van der Waals surface area contributed by atoms with Gasteiger partial charge in [0.1, 0.15) is 12.0 Å². The van der Waals surface area contributed by atoms with Crippen LogP contribution in [0.25, 0.3) is 21.9 Å². The summed E-state index contributed by atoms with van der Waals surface area (Å²) >= 11 is 0. The van der Waals surface area contributed by atoms with Crippen LogP contribution in [-0.2, 0) is 0 Å². The summed E-state index contributed by atoms with van der Waals surface area (Å²) in [6, 6.07) is 8.78. The van der Waals surface area contributed by atoms with Crippen LogP contribution in [0.15, 0.2) is 36.8 Å². The van der Waals surface area contributed by atoms with Gasteiger partial charge in [-0.2, -0.15) is 0 Å². The molecular formula is C13H13N3. The van der Waals surface area contributed by atoms with Crippen molar-refractivity contribution in [3.8, 4) is 0 Å². The van der Waals surface area contributed by atoms with Gasteiger partial charge in [0.15, 0.2) is 0 Å². The highest BCUT2D eigenvalue weighted by atomic mass is 15.1. The van der Waals surface area contributed by atoms with Gasteiger partial charge in [-0.15, -0.1) is 0 Å². The zero-order chi connectivity index (χ0) is 11.1. The van der Waals surface area contributed by atoms with Gasteiger partial charge in [0.05, 0.1) is 5.52 Å². The molecule has 3 heteroatoms. The van der Waals surface area contributed by atoms with Gasteiger partial charge in [0.25, 0.3) is 0 Å². The largest absolute Gasteiger partial charge is 0.323 e. The molecule has 0 amide bonds. The number of para-hydroxylation sites is 1. The van der Waals surface area contributed by atoms with Crippen LogP contribution in [0, 0.1) is 0 Å². The van der Waals surface area contributed by atoms with Crippen LogP contribution in [0.2, 0.25) is 0 Å². The van der Waals surface area contributed by atoms with Crippen LogP contribution < -0.4 is 0 Å². The van der Waals surface area contributed by atoms with Crippen molar-refractivity contribution in [3.05, 3.63) is 36.8 Å². The van der Waals surface area contributed by atoms with Gasteiger partial charge < -0.3 is 4.57 Å². The normalized spacial score (nSPS) is 11.7. The molecule has 0 unspecified atom stereocenters. The monoisotopic (exact) mass is 211 g/mol. The van der Waals surface area contributed by atoms with Gasteiger partial charge in [-0.1, -0.05) is 18.2 Å². The topological polar surface area (TPSA) is 30.7 Å². The molecule has 16 heavy (non-hydrogen) atoms. The lowest BCUT2D eigenvalue weighted by molar-refractivity contribution is 0.637. The van der Waals surface area contributed by atoms with E-state index in [1.54, 1.807) is 6.33 Å². The molecule has 0 radical (unpaired) electrons. The summed E-state index contributed by atoms with van der Waals surface area (Å²) in [4.78, 5) is 8.50. The van der Waals surface area contributed by atoms with E-state index in [0.717, 1.165) is 11.0 Å². The Hall–Kier alpha value is -1.90. The Labute approximate surface area is 93.7 Å². The second-order valence-electron chi connectivity index (χ2n) is 4.24. The molecule has 0 aliphatic heterocycles. The Morgan fingerprint density at radius 3 is 2.75 bits per heavy atom. The fourth-order valence-electron chi connectivity index (χ4n) is 2.25. The molecule has 1 aromatic carbocycles. The molecule has 0 saturated carbocycles. The Balaban J connectivity index is 2.59. The smallest absolute Gasteiger partial charge is 0.144 e. The molecule has 0 saturated heterocycles. The van der Waals surface area contributed by atoms with Crippen molar-refractivity contribution in [2.75, 3.05) is 0 Å². The highest BCUT2D eigenvalue weighted by Gasteiger charge is 2.12. The first-order valence-electron chi connectivity index (χ1n) is 5.47. The van der Waals surface area contributed by atoms with E-state index in [0.29, 0.717) is 6.04 Å². The van der Waals surface area contributed by atoms with Crippen LogP contribution in [-0.4, -0.2) is 14.5 Å². The summed E-state index contributed by atoms with van der Waals surface area (Å²) in [5, 5.41) is 2.36. The summed E-state index contributed by atoms with van der Waals surface area (Å²) in [5.41, 5.74) is 2.25. The summed E-state index contributed by atoms with van der Waals surface area (Å²) in [5.74, 6) is 0. The fourth-order valence-corrected chi connectivity index (χ4v) is 2.25. The summed E-state index contributed by atoms with van der Waals surface area (Å²) < 4.78 is 2.26. The fraction of sp³-hybridized carbons (Fsp3) is 0.231. The van der Waals surface area contributed by atoms with Crippen molar-refractivity contribution >= 4 is 21.9 Å². The van der Waals surface area contributed by atoms with Crippen LogP contribution in [0.1, 0.15) is 19.9 Å². The molecule has 2 aromatic heterocycles. The van der Waals surface area contributed by atoms with Crippen molar-refractivity contribution in [2.24, 2.45) is 0 Å². The maximum absolute atomic E-state index is 4.39. The van der Waals surface area contributed by atoms with E-state index in [9.17, 15) is 0 Å². The highest BCUT2D eigenvalue weighted by Crippen LogP contribution is 2.29. The quantitative estimate of drug-likeness (QED) is 0.619. The Morgan fingerprint density at radius 2 is 1.94 bits per heavy atom. The maximum Gasteiger partial charge on any atom is 0.144 e. The zero-order valence-electron chi connectivity index (χ0n) is 9.38. The maximum atomic E-state index is 4.39. The second-order valence-corrected chi connectivity index (χ2v) is 4.24. The average Bonchev–Trinajstić information content (AvgIpc) is 2.63. The molecule has 3 nitrogen and oxygen atoms in total. The molecule has 80 valence electrons. The second kappa shape index (κ2) is 3.30. The first kappa shape index (κ1) is 9.33. The molecule has 3 aromatic rings. The van der Waals surface area contributed by atoms with E-state index >= 15 is 0 Å². The third-order valence-corrected chi connectivity index (χ3v) is 2.89. The van der Waals surface area contributed by atoms with Crippen LogP contribution in [0.5, 0.6) is 0 Å². The van der Waals surface area contributed by atoms with E-state index in [4.69, 9.17) is 0 Å². The van der Waals surface area contributed by atoms with Crippen molar-refractivity contribution in [1.82, 2.24) is 14.5 Å². The minimum atomic E-state index is 0.400. The molecule has 0 bridgehead atoms. The van der Waals surface area contributed by atoms with Crippen LogP contribution >= 0.6 is 0 Å². The van der Waals surface area contributed by atoms with E-state index in [1.807, 2.05) is 6.20 Å². The molecule has 0 N–H and O–H groups in total. The zero-order valence-corrected chi connectivity index (χ0v) is 9.38. The molecule has 3 rings (SSSR count). The van der Waals surface area contributed by atoms with E-state index in [2.05, 4.69) is 52.6 Å². The van der Waals surface area contributed by atoms with E-state index in [1.165, 1.54) is 10.9 Å². The summed E-state index contributed by atoms with van der Waals surface area (Å²) in [7, 11) is 0. The van der Waals surface area contributed by atoms with Crippen LogP contribution in [0.3, 0.4) is 0 Å². The number of aromatic nitrogens is 3. The Bertz CT molecular complexity index is 599. The highest BCUT2D eigenvalue weighted by molar-refractivity contribution is 6.06. The van der Waals surface area contributed by atoms with Crippen LogP contribution in [0.4, 0.5) is 0 Å². The van der Waals surface area contributed by atoms with Crippen molar-refractivity contribution in [3.63, 3.8) is 0 Å². The number of benzene rings is 1. The number of nitrogens with zero attached hydrogens (tertiary/aromatic N) is 3. The lowest BCUT2D eigenvalue weighted by Gasteiger charge is -2.09. The summed E-state index contributed by atoms with van der Waals surface area (Å²) in [6.45, 7) is 4.35. The third-order valence-electron chi connectivity index (χ3n) is 2.89. The van der Waals surface area contributed by atoms with E-state index < -0.39 is 0 Å². The van der Waals surface area contributed by atoms with Gasteiger partial charge in [-0.05, 0) is 19.9 Å². The average molecular weight is 211 g/mol. The number of fused-ring (bicyclic) bond motifs is 3. The lowest BCUT2D eigenvalue weighted by atomic mass is 10.2. The molecule has 0 atom stereocenters. The van der Waals surface area contributed by atoms with Crippen molar-refractivity contribution < 1.29 is 0 Å². The van der Waals surface area contributed by atoms with Crippen molar-refractivity contribution in [2.45, 2.75) is 19.9 Å². The van der Waals surface area contributed by atoms with Gasteiger partial charge >= 0.3 is 0 Å². The SMILES string of the molecule is CC(C)n1c2ccccc2c2cncnc21. The first-order valence-corrected chi connectivity index (χ1v) is 5.47. The number of rotatable bonds is 1. The van der Waals surface area contributed by atoms with Gasteiger partial charge in [-0.3, -0.25) is 0 Å². The first-order chi connectivity index (χ1) is 7.79. The predicted molar refractivity (Wildman–Crippen MR) is 65.4 cm³/mol. The minimum Gasteiger partial charge on any atom is -0.323 e. The van der Waals surface area contributed by atoms with Crippen molar-refractivity contribution in [1.29, 1.82) is 0 Å². The van der Waals surface area contributed by atoms with Gasteiger partial charge in [0.2, 0.25) is 0 Å². The third kappa shape index (κ3) is 1.14. The molecular weight excluding hydrogens is 198 g/mol. The molecule has 0 spiro atoms. The standard InChI is InChI=1S/C13H13N3/c1-9(2)16-12-6-4-3-5-10(12)11-7-14-8-15-13(11)16/h3-9H,1-2H3. The lowest BCUT2D eigenvalue weighted by Crippen LogP contribution is -2.00. The Morgan fingerprint density at radius 1 is 1.12 bits per heavy atom. The Kier molecular flexibility index (Phi) is 1.93. The van der Waals surface area contributed by atoms with Gasteiger partial charge in [0, 0.05) is 23.0 Å². The minimum absolute atomic E-state index is 0.400. The van der Waals surface area contributed by atoms with Gasteiger partial charge in [-0.25, -0.2) is 9.97 Å². The number of hydrogen-bond acceptors (Lipinski definition) is 2. The predicted octanol–water partition coefficient (Wildman–Crippen LogP) is 3.17. The van der Waals surface area contributed by atoms with E-state index in [-0.39, 0.29) is 0 Å².